The Morgan fingerprint density at radius 3 is 2.44 bits per heavy atom. The molecule has 2 aromatic carbocycles. The van der Waals surface area contributed by atoms with Gasteiger partial charge in [-0.1, -0.05) is 36.4 Å². The molecule has 6 heteroatoms. The number of nitro groups is 1. The lowest BCUT2D eigenvalue weighted by Gasteiger charge is -1.98. The van der Waals surface area contributed by atoms with Crippen LogP contribution in [0.15, 0.2) is 76.9 Å². The Kier molecular flexibility index (Phi) is 4.52. The number of cyclic esters (lactones) is 1. The summed E-state index contributed by atoms with van der Waals surface area (Å²) >= 11 is 0. The van der Waals surface area contributed by atoms with Crippen molar-refractivity contribution in [3.8, 4) is 0 Å². The Morgan fingerprint density at radius 1 is 1.12 bits per heavy atom. The second kappa shape index (κ2) is 6.92. The third-order valence-corrected chi connectivity index (χ3v) is 3.50. The largest absolute Gasteiger partial charge is 0.402 e. The van der Waals surface area contributed by atoms with Crippen molar-refractivity contribution in [3.05, 3.63) is 93.2 Å². The van der Waals surface area contributed by atoms with Gasteiger partial charge < -0.3 is 4.74 Å². The summed E-state index contributed by atoms with van der Waals surface area (Å²) in [6.07, 6.45) is 3.58. The van der Waals surface area contributed by atoms with E-state index < -0.39 is 10.9 Å². The number of carbonyl (C=O) groups is 1. The van der Waals surface area contributed by atoms with Gasteiger partial charge in [0.15, 0.2) is 5.70 Å². The van der Waals surface area contributed by atoms with Crippen LogP contribution >= 0.6 is 0 Å². The molecule has 0 unspecified atom stereocenters. The van der Waals surface area contributed by atoms with Gasteiger partial charge in [-0.05, 0) is 36.3 Å². The maximum Gasteiger partial charge on any atom is 0.363 e. The molecule has 0 N–H and O–H groups in total. The number of esters is 1. The topological polar surface area (TPSA) is 81.8 Å². The molecule has 25 heavy (non-hydrogen) atoms. The minimum atomic E-state index is -0.547. The van der Waals surface area contributed by atoms with Gasteiger partial charge in [-0.2, -0.15) is 0 Å². The molecule has 0 radical (unpaired) electrons. The lowest BCUT2D eigenvalue weighted by Crippen LogP contribution is -2.05. The van der Waals surface area contributed by atoms with Crippen LogP contribution in [0.5, 0.6) is 0 Å². The van der Waals surface area contributed by atoms with Gasteiger partial charge >= 0.3 is 5.97 Å². The third-order valence-electron chi connectivity index (χ3n) is 3.50. The average molecular weight is 334 g/mol. The Balaban J connectivity index is 1.84. The molecule has 0 aliphatic carbocycles. The number of nitrogens with zero attached hydrogens (tertiary/aromatic N) is 2. The van der Waals surface area contributed by atoms with Crippen LogP contribution in [0.2, 0.25) is 0 Å². The summed E-state index contributed by atoms with van der Waals surface area (Å²) in [7, 11) is 0. The Hall–Kier alpha value is -3.54. The highest BCUT2D eigenvalue weighted by Gasteiger charge is 2.24. The van der Waals surface area contributed by atoms with E-state index in [0.29, 0.717) is 5.56 Å². The van der Waals surface area contributed by atoms with E-state index in [9.17, 15) is 14.9 Å². The fourth-order valence-corrected chi connectivity index (χ4v) is 2.33. The van der Waals surface area contributed by atoms with Crippen LogP contribution in [-0.2, 0) is 9.53 Å². The van der Waals surface area contributed by atoms with Crippen molar-refractivity contribution in [2.75, 3.05) is 0 Å². The summed E-state index contributed by atoms with van der Waals surface area (Å²) in [6, 6.07) is 15.4. The zero-order valence-electron chi connectivity index (χ0n) is 13.4. The third kappa shape index (κ3) is 3.87. The van der Waals surface area contributed by atoms with Crippen LogP contribution in [0.1, 0.15) is 18.1 Å². The molecule has 2 aromatic rings. The Morgan fingerprint density at radius 2 is 1.80 bits per heavy atom. The van der Waals surface area contributed by atoms with Crippen molar-refractivity contribution in [3.63, 3.8) is 0 Å². The van der Waals surface area contributed by atoms with Gasteiger partial charge in [-0.3, -0.25) is 10.1 Å². The SMILES string of the molecule is CC(=Cc1ccccc1)C=C1N=C(c2ccc([N+](=O)[O-])cc2)OC1=O. The molecule has 0 aromatic heterocycles. The van der Waals surface area contributed by atoms with Crippen molar-refractivity contribution in [2.45, 2.75) is 6.92 Å². The number of hydrogen-bond acceptors (Lipinski definition) is 5. The average Bonchev–Trinajstić information content (AvgIpc) is 2.96. The van der Waals surface area contributed by atoms with Crippen LogP contribution in [-0.4, -0.2) is 16.8 Å². The van der Waals surface area contributed by atoms with Crippen molar-refractivity contribution >= 4 is 23.6 Å². The van der Waals surface area contributed by atoms with Crippen LogP contribution in [0, 0.1) is 10.1 Å². The molecule has 124 valence electrons. The highest BCUT2D eigenvalue weighted by molar-refractivity contribution is 6.11. The van der Waals surface area contributed by atoms with Crippen molar-refractivity contribution in [1.82, 2.24) is 0 Å². The summed E-state index contributed by atoms with van der Waals surface area (Å²) in [5.41, 5.74) is 2.53. The minimum absolute atomic E-state index is 0.0360. The molecule has 1 aliphatic heterocycles. The van der Waals surface area contributed by atoms with Crippen LogP contribution < -0.4 is 0 Å². The number of nitro benzene ring substituents is 1. The molecular weight excluding hydrogens is 320 g/mol. The number of benzene rings is 2. The molecule has 3 rings (SSSR count). The highest BCUT2D eigenvalue weighted by Crippen LogP contribution is 2.20. The second-order valence-corrected chi connectivity index (χ2v) is 5.44. The summed E-state index contributed by atoms with van der Waals surface area (Å²) in [5, 5.41) is 10.7. The van der Waals surface area contributed by atoms with Crippen LogP contribution in [0.4, 0.5) is 5.69 Å². The summed E-state index contributed by atoms with van der Waals surface area (Å²) in [4.78, 5) is 26.4. The van der Waals surface area contributed by atoms with E-state index in [1.54, 1.807) is 6.08 Å². The zero-order chi connectivity index (χ0) is 17.8. The first-order valence-corrected chi connectivity index (χ1v) is 7.54. The molecule has 0 fully saturated rings. The monoisotopic (exact) mass is 334 g/mol. The molecule has 0 amide bonds. The maximum atomic E-state index is 12.0. The number of aliphatic imine (C=N–C) groups is 1. The first-order chi connectivity index (χ1) is 12.0. The van der Waals surface area contributed by atoms with E-state index in [1.165, 1.54) is 24.3 Å². The zero-order valence-corrected chi connectivity index (χ0v) is 13.4. The molecule has 0 spiro atoms. The van der Waals surface area contributed by atoms with Crippen molar-refractivity contribution in [2.24, 2.45) is 4.99 Å². The molecule has 0 saturated heterocycles. The van der Waals surface area contributed by atoms with E-state index in [4.69, 9.17) is 4.74 Å². The molecule has 0 atom stereocenters. The van der Waals surface area contributed by atoms with Gasteiger partial charge in [0, 0.05) is 17.7 Å². The lowest BCUT2D eigenvalue weighted by atomic mass is 10.1. The highest BCUT2D eigenvalue weighted by atomic mass is 16.6. The van der Waals surface area contributed by atoms with Crippen LogP contribution in [0.3, 0.4) is 0 Å². The molecular formula is C19H14N2O4. The molecule has 1 heterocycles. The number of hydrogen-bond donors (Lipinski definition) is 0. The Labute approximate surface area is 143 Å². The minimum Gasteiger partial charge on any atom is -0.402 e. The number of carbonyl (C=O) groups excluding carboxylic acids is 1. The van der Waals surface area contributed by atoms with Gasteiger partial charge in [0.05, 0.1) is 4.92 Å². The fourth-order valence-electron chi connectivity index (χ4n) is 2.33. The quantitative estimate of drug-likeness (QED) is 0.368. The molecule has 1 aliphatic rings. The number of rotatable bonds is 4. The normalized spacial score (nSPS) is 15.9. The summed E-state index contributed by atoms with van der Waals surface area (Å²) in [5.74, 6) is -0.409. The van der Waals surface area contributed by atoms with Gasteiger partial charge in [-0.25, -0.2) is 9.79 Å². The second-order valence-electron chi connectivity index (χ2n) is 5.44. The number of ether oxygens (including phenoxy) is 1. The summed E-state index contributed by atoms with van der Waals surface area (Å²) < 4.78 is 5.16. The Bertz CT molecular complexity index is 910. The predicted octanol–water partition coefficient (Wildman–Crippen LogP) is 3.89. The van der Waals surface area contributed by atoms with Crippen molar-refractivity contribution < 1.29 is 14.5 Å². The first-order valence-electron chi connectivity index (χ1n) is 7.54. The van der Waals surface area contributed by atoms with E-state index in [-0.39, 0.29) is 17.3 Å². The number of non-ortho nitro benzene ring substituents is 1. The van der Waals surface area contributed by atoms with E-state index in [0.717, 1.165) is 11.1 Å². The van der Waals surface area contributed by atoms with Gasteiger partial charge in [0.1, 0.15) is 0 Å². The predicted molar refractivity (Wildman–Crippen MR) is 93.9 cm³/mol. The summed E-state index contributed by atoms with van der Waals surface area (Å²) in [6.45, 7) is 1.87. The first kappa shape index (κ1) is 16.3. The van der Waals surface area contributed by atoms with Gasteiger partial charge in [0.2, 0.25) is 5.90 Å². The molecule has 0 saturated carbocycles. The standard InChI is InChI=1S/C19H14N2O4/c1-13(11-14-5-3-2-4-6-14)12-17-19(22)25-18(20-17)15-7-9-16(10-8-15)21(23)24/h2-12H,1H3. The fraction of sp³-hybridized carbons (Fsp3) is 0.0526. The number of allylic oxidation sites excluding steroid dienone is 2. The van der Waals surface area contributed by atoms with Gasteiger partial charge in [0.25, 0.3) is 5.69 Å². The van der Waals surface area contributed by atoms with Crippen LogP contribution in [0.25, 0.3) is 6.08 Å². The van der Waals surface area contributed by atoms with Crippen molar-refractivity contribution in [1.29, 1.82) is 0 Å². The maximum absolute atomic E-state index is 12.0. The smallest absolute Gasteiger partial charge is 0.363 e. The van der Waals surface area contributed by atoms with Gasteiger partial charge in [-0.15, -0.1) is 0 Å². The van der Waals surface area contributed by atoms with E-state index >= 15 is 0 Å². The molecule has 6 nitrogen and oxygen atoms in total. The van der Waals surface area contributed by atoms with E-state index in [1.807, 2.05) is 43.3 Å². The lowest BCUT2D eigenvalue weighted by molar-refractivity contribution is -0.384. The van der Waals surface area contributed by atoms with E-state index in [2.05, 4.69) is 4.99 Å². The molecule has 0 bridgehead atoms.